The number of ether oxygens (including phenoxy) is 1. The van der Waals surface area contributed by atoms with Gasteiger partial charge in [0.2, 0.25) is 0 Å². The number of hydrogen-bond donors (Lipinski definition) is 1. The predicted molar refractivity (Wildman–Crippen MR) is 108 cm³/mol. The first-order valence-electron chi connectivity index (χ1n) is 8.36. The maximum atomic E-state index is 12.3. The van der Waals surface area contributed by atoms with Gasteiger partial charge in [-0.15, -0.1) is 11.3 Å². The Balaban J connectivity index is 1.93. The van der Waals surface area contributed by atoms with Gasteiger partial charge in [0.05, 0.1) is 12.7 Å². The molecule has 1 aromatic carbocycles. The molecular weight excluding hydrogens is 352 g/mol. The molecule has 6 heteroatoms. The van der Waals surface area contributed by atoms with E-state index in [1.807, 2.05) is 19.9 Å². The lowest BCUT2D eigenvalue weighted by atomic mass is 10.1. The van der Waals surface area contributed by atoms with Crippen LogP contribution < -0.4 is 10.2 Å². The SMILES string of the molecule is CCc1c(C)sc(NC(=S)N2c3ccccc3CC2C)c1C(=O)OC. The molecule has 1 aliphatic heterocycles. The van der Waals surface area contributed by atoms with Crippen molar-refractivity contribution in [1.82, 2.24) is 0 Å². The average molecular weight is 375 g/mol. The van der Waals surface area contributed by atoms with Crippen LogP contribution in [-0.2, 0) is 17.6 Å². The topological polar surface area (TPSA) is 41.6 Å². The van der Waals surface area contributed by atoms with E-state index in [1.165, 1.54) is 12.7 Å². The maximum Gasteiger partial charge on any atom is 0.341 e. The molecule has 0 bridgehead atoms. The molecule has 0 spiro atoms. The molecule has 1 aliphatic rings. The molecule has 1 unspecified atom stereocenters. The molecule has 1 atom stereocenters. The number of carbonyl (C=O) groups is 1. The molecule has 3 rings (SSSR count). The lowest BCUT2D eigenvalue weighted by Crippen LogP contribution is -2.38. The summed E-state index contributed by atoms with van der Waals surface area (Å²) >= 11 is 7.24. The lowest BCUT2D eigenvalue weighted by molar-refractivity contribution is 0.0601. The van der Waals surface area contributed by atoms with E-state index in [9.17, 15) is 4.79 Å². The van der Waals surface area contributed by atoms with Crippen molar-refractivity contribution in [2.45, 2.75) is 39.7 Å². The molecule has 25 heavy (non-hydrogen) atoms. The molecule has 1 N–H and O–H groups in total. The van der Waals surface area contributed by atoms with Crippen LogP contribution >= 0.6 is 23.6 Å². The first kappa shape index (κ1) is 17.9. The molecular formula is C19H22N2O2S2. The van der Waals surface area contributed by atoms with Gasteiger partial charge >= 0.3 is 5.97 Å². The number of para-hydroxylation sites is 1. The third kappa shape index (κ3) is 3.16. The van der Waals surface area contributed by atoms with Crippen LogP contribution in [0.3, 0.4) is 0 Å². The minimum atomic E-state index is -0.318. The molecule has 0 fully saturated rings. The van der Waals surface area contributed by atoms with Gasteiger partial charge in [-0.2, -0.15) is 0 Å². The second-order valence-electron chi connectivity index (χ2n) is 6.17. The molecule has 0 radical (unpaired) electrons. The maximum absolute atomic E-state index is 12.3. The monoisotopic (exact) mass is 374 g/mol. The highest BCUT2D eigenvalue weighted by Crippen LogP contribution is 2.36. The van der Waals surface area contributed by atoms with Gasteiger partial charge in [0, 0.05) is 16.6 Å². The van der Waals surface area contributed by atoms with Gasteiger partial charge < -0.3 is 15.0 Å². The smallest absolute Gasteiger partial charge is 0.341 e. The Morgan fingerprint density at radius 1 is 1.44 bits per heavy atom. The number of nitrogens with zero attached hydrogens (tertiary/aromatic N) is 1. The Bertz CT molecular complexity index is 829. The molecule has 0 aliphatic carbocycles. The highest BCUT2D eigenvalue weighted by Gasteiger charge is 2.30. The highest BCUT2D eigenvalue weighted by molar-refractivity contribution is 7.80. The lowest BCUT2D eigenvalue weighted by Gasteiger charge is -2.26. The van der Waals surface area contributed by atoms with Crippen molar-refractivity contribution in [3.8, 4) is 0 Å². The first-order chi connectivity index (χ1) is 12.0. The number of fused-ring (bicyclic) bond motifs is 1. The van der Waals surface area contributed by atoms with Crippen LogP contribution in [-0.4, -0.2) is 24.2 Å². The van der Waals surface area contributed by atoms with E-state index in [-0.39, 0.29) is 12.0 Å². The fourth-order valence-electron chi connectivity index (χ4n) is 3.44. The number of thiophene rings is 1. The van der Waals surface area contributed by atoms with E-state index in [0.29, 0.717) is 10.7 Å². The summed E-state index contributed by atoms with van der Waals surface area (Å²) in [7, 11) is 1.41. The fourth-order valence-corrected chi connectivity index (χ4v) is 5.02. The van der Waals surface area contributed by atoms with E-state index in [2.05, 4.69) is 35.3 Å². The molecule has 2 aromatic rings. The number of thiocarbonyl (C=S) groups is 1. The normalized spacial score (nSPS) is 15.8. The Hall–Kier alpha value is -1.92. The number of benzene rings is 1. The van der Waals surface area contributed by atoms with Gasteiger partial charge in [0.25, 0.3) is 0 Å². The van der Waals surface area contributed by atoms with Gasteiger partial charge in [-0.3, -0.25) is 0 Å². The number of hydrogen-bond acceptors (Lipinski definition) is 4. The minimum Gasteiger partial charge on any atom is -0.465 e. The first-order valence-corrected chi connectivity index (χ1v) is 9.59. The summed E-state index contributed by atoms with van der Waals surface area (Å²) in [5, 5.41) is 4.69. The predicted octanol–water partition coefficient (Wildman–Crippen LogP) is 4.55. The van der Waals surface area contributed by atoms with Gasteiger partial charge in [0.1, 0.15) is 5.00 Å². The van der Waals surface area contributed by atoms with Crippen LogP contribution in [0.15, 0.2) is 24.3 Å². The van der Waals surface area contributed by atoms with E-state index in [0.717, 1.165) is 34.0 Å². The summed E-state index contributed by atoms with van der Waals surface area (Å²) in [5.74, 6) is -0.318. The molecule has 0 amide bonds. The number of anilines is 2. The second kappa shape index (κ2) is 7.14. The Morgan fingerprint density at radius 3 is 2.84 bits per heavy atom. The Kier molecular flexibility index (Phi) is 5.11. The van der Waals surface area contributed by atoms with E-state index < -0.39 is 0 Å². The largest absolute Gasteiger partial charge is 0.465 e. The molecule has 0 saturated heterocycles. The quantitative estimate of drug-likeness (QED) is 0.630. The summed E-state index contributed by atoms with van der Waals surface area (Å²) in [6.45, 7) is 6.23. The van der Waals surface area contributed by atoms with Gasteiger partial charge in [-0.05, 0) is 56.1 Å². The van der Waals surface area contributed by atoms with Crippen molar-refractivity contribution in [2.75, 3.05) is 17.3 Å². The molecule has 132 valence electrons. The number of nitrogens with one attached hydrogen (secondary N) is 1. The zero-order chi connectivity index (χ0) is 18.1. The van der Waals surface area contributed by atoms with E-state index in [4.69, 9.17) is 17.0 Å². The van der Waals surface area contributed by atoms with Crippen molar-refractivity contribution in [3.05, 3.63) is 45.8 Å². The van der Waals surface area contributed by atoms with Crippen molar-refractivity contribution < 1.29 is 9.53 Å². The Morgan fingerprint density at radius 2 is 2.16 bits per heavy atom. The molecule has 1 aromatic heterocycles. The minimum absolute atomic E-state index is 0.283. The highest BCUT2D eigenvalue weighted by atomic mass is 32.1. The van der Waals surface area contributed by atoms with Crippen molar-refractivity contribution in [1.29, 1.82) is 0 Å². The zero-order valence-electron chi connectivity index (χ0n) is 14.9. The standard InChI is InChI=1S/C19H22N2O2S2/c1-5-14-12(3)25-17(16(14)18(22)23-4)20-19(24)21-11(2)10-13-8-6-7-9-15(13)21/h6-9,11H,5,10H2,1-4H3,(H,20,24). The van der Waals surface area contributed by atoms with Crippen LogP contribution in [0.2, 0.25) is 0 Å². The third-order valence-corrected chi connectivity index (χ3v) is 5.96. The van der Waals surface area contributed by atoms with Gasteiger partial charge in [0.15, 0.2) is 5.11 Å². The summed E-state index contributed by atoms with van der Waals surface area (Å²) in [5.41, 5.74) is 4.06. The Labute approximate surface area is 157 Å². The van der Waals surface area contributed by atoms with Crippen molar-refractivity contribution >= 4 is 45.3 Å². The van der Waals surface area contributed by atoms with Crippen LogP contribution in [0, 0.1) is 6.92 Å². The van der Waals surface area contributed by atoms with Gasteiger partial charge in [-0.1, -0.05) is 25.1 Å². The number of carbonyl (C=O) groups excluding carboxylic acids is 1. The number of aryl methyl sites for hydroxylation is 1. The fraction of sp³-hybridized carbons (Fsp3) is 0.368. The number of esters is 1. The van der Waals surface area contributed by atoms with Crippen LogP contribution in [0.1, 0.15) is 40.2 Å². The summed E-state index contributed by atoms with van der Waals surface area (Å²) in [6.07, 6.45) is 1.75. The average Bonchev–Trinajstić information content (AvgIpc) is 3.09. The molecule has 2 heterocycles. The van der Waals surface area contributed by atoms with E-state index in [1.54, 1.807) is 11.3 Å². The van der Waals surface area contributed by atoms with E-state index >= 15 is 0 Å². The molecule has 0 saturated carbocycles. The summed E-state index contributed by atoms with van der Waals surface area (Å²) in [4.78, 5) is 15.5. The number of methoxy groups -OCH3 is 1. The van der Waals surface area contributed by atoms with Crippen molar-refractivity contribution in [2.24, 2.45) is 0 Å². The van der Waals surface area contributed by atoms with Crippen LogP contribution in [0.25, 0.3) is 0 Å². The van der Waals surface area contributed by atoms with Gasteiger partial charge in [-0.25, -0.2) is 4.79 Å². The molecule has 4 nitrogen and oxygen atoms in total. The zero-order valence-corrected chi connectivity index (χ0v) is 16.5. The van der Waals surface area contributed by atoms with Crippen LogP contribution in [0.4, 0.5) is 10.7 Å². The second-order valence-corrected chi connectivity index (χ2v) is 7.78. The van der Waals surface area contributed by atoms with Crippen LogP contribution in [0.5, 0.6) is 0 Å². The van der Waals surface area contributed by atoms with Crippen molar-refractivity contribution in [3.63, 3.8) is 0 Å². The summed E-state index contributed by atoms with van der Waals surface area (Å²) < 4.78 is 4.99. The summed E-state index contributed by atoms with van der Waals surface area (Å²) in [6, 6.07) is 8.59. The number of rotatable bonds is 3. The third-order valence-electron chi connectivity index (χ3n) is 4.60.